The number of amides is 1. The van der Waals surface area contributed by atoms with Crippen molar-refractivity contribution >= 4 is 33.8 Å². The smallest absolute Gasteiger partial charge is 0.222 e. The van der Waals surface area contributed by atoms with E-state index in [2.05, 4.69) is 25.3 Å². The zero-order valence-electron chi connectivity index (χ0n) is 20.4. The summed E-state index contributed by atoms with van der Waals surface area (Å²) >= 11 is 0. The van der Waals surface area contributed by atoms with Crippen molar-refractivity contribution in [3.05, 3.63) is 30.9 Å². The number of aryl methyl sites for hydroxylation is 1. The number of aromatic nitrogens is 6. The van der Waals surface area contributed by atoms with Crippen LogP contribution in [-0.2, 0) is 25.5 Å². The number of fused-ring (bicyclic) bond motifs is 2. The molecule has 192 valence electrons. The summed E-state index contributed by atoms with van der Waals surface area (Å²) in [6.45, 7) is 3.63. The molecule has 36 heavy (non-hydrogen) atoms. The lowest BCUT2D eigenvalue weighted by molar-refractivity contribution is -0.122. The molecule has 0 aliphatic rings. The zero-order valence-corrected chi connectivity index (χ0v) is 20.4. The maximum absolute atomic E-state index is 12.0. The number of rotatable bonds is 15. The standard InChI is InChI=1S/C24H32N8O4/c1-34-10-11-36-13-12-35-9-5-19(33)26-6-2-3-8-32-24-20(22(25)29-16-30-24)21(31-32)18-14-17-4-7-27-23(17)28-15-18/h4,7,14-16H,2-3,5-6,8-13H2,1H3,(H,26,33)(H,27,28)(H2,25,29,30). The van der Waals surface area contributed by atoms with Crippen molar-refractivity contribution in [2.75, 3.05) is 52.4 Å². The molecule has 4 rings (SSSR count). The van der Waals surface area contributed by atoms with Crippen LogP contribution in [0.5, 0.6) is 0 Å². The number of carbonyl (C=O) groups excluding carboxylic acids is 1. The third-order valence-corrected chi connectivity index (χ3v) is 5.63. The van der Waals surface area contributed by atoms with Gasteiger partial charge in [0.2, 0.25) is 5.91 Å². The van der Waals surface area contributed by atoms with E-state index < -0.39 is 0 Å². The van der Waals surface area contributed by atoms with Gasteiger partial charge in [0.1, 0.15) is 23.5 Å². The Kier molecular flexibility index (Phi) is 9.14. The molecule has 12 heteroatoms. The topological polar surface area (TPSA) is 155 Å². The van der Waals surface area contributed by atoms with Gasteiger partial charge in [-0.2, -0.15) is 5.10 Å². The van der Waals surface area contributed by atoms with E-state index in [0.29, 0.717) is 75.1 Å². The van der Waals surface area contributed by atoms with Crippen LogP contribution < -0.4 is 11.1 Å². The van der Waals surface area contributed by atoms with Crippen LogP contribution in [0.2, 0.25) is 0 Å². The Bertz CT molecular complexity index is 1270. The van der Waals surface area contributed by atoms with E-state index in [-0.39, 0.29) is 5.91 Å². The monoisotopic (exact) mass is 496 g/mol. The summed E-state index contributed by atoms with van der Waals surface area (Å²) in [4.78, 5) is 28.1. The first-order valence-corrected chi connectivity index (χ1v) is 12.0. The van der Waals surface area contributed by atoms with Crippen molar-refractivity contribution in [3.63, 3.8) is 0 Å². The second-order valence-corrected chi connectivity index (χ2v) is 8.19. The van der Waals surface area contributed by atoms with Gasteiger partial charge in [0, 0.05) is 50.0 Å². The van der Waals surface area contributed by atoms with Gasteiger partial charge >= 0.3 is 0 Å². The number of nitrogens with one attached hydrogen (secondary N) is 2. The molecule has 0 spiro atoms. The lowest BCUT2D eigenvalue weighted by atomic mass is 10.1. The van der Waals surface area contributed by atoms with Crippen LogP contribution >= 0.6 is 0 Å². The first kappa shape index (κ1) is 25.5. The van der Waals surface area contributed by atoms with Crippen LogP contribution in [0.3, 0.4) is 0 Å². The van der Waals surface area contributed by atoms with E-state index in [4.69, 9.17) is 25.0 Å². The average molecular weight is 497 g/mol. The van der Waals surface area contributed by atoms with Crippen molar-refractivity contribution < 1.29 is 19.0 Å². The molecular formula is C24H32N8O4. The third kappa shape index (κ3) is 6.53. The van der Waals surface area contributed by atoms with E-state index in [0.717, 1.165) is 29.4 Å². The van der Waals surface area contributed by atoms with Crippen molar-refractivity contribution in [3.8, 4) is 11.3 Å². The highest BCUT2D eigenvalue weighted by Gasteiger charge is 2.17. The molecule has 0 unspecified atom stereocenters. The maximum atomic E-state index is 12.0. The average Bonchev–Trinajstić information content (AvgIpc) is 3.50. The molecule has 0 atom stereocenters. The Morgan fingerprint density at radius 2 is 1.94 bits per heavy atom. The first-order valence-electron chi connectivity index (χ1n) is 12.0. The van der Waals surface area contributed by atoms with Gasteiger partial charge in [0.05, 0.1) is 38.4 Å². The van der Waals surface area contributed by atoms with E-state index in [9.17, 15) is 4.79 Å². The van der Waals surface area contributed by atoms with Crippen LogP contribution in [0.1, 0.15) is 19.3 Å². The second kappa shape index (κ2) is 12.9. The number of ether oxygens (including phenoxy) is 3. The molecular weight excluding hydrogens is 464 g/mol. The van der Waals surface area contributed by atoms with Gasteiger partial charge in [-0.25, -0.2) is 19.6 Å². The number of nitrogen functional groups attached to an aromatic ring is 1. The molecule has 4 N–H and O–H groups in total. The molecule has 0 bridgehead atoms. The molecule has 0 saturated heterocycles. The fourth-order valence-electron chi connectivity index (χ4n) is 3.79. The summed E-state index contributed by atoms with van der Waals surface area (Å²) < 4.78 is 17.5. The fraction of sp³-hybridized carbons (Fsp3) is 0.458. The molecule has 0 fully saturated rings. The van der Waals surface area contributed by atoms with E-state index >= 15 is 0 Å². The summed E-state index contributed by atoms with van der Waals surface area (Å²) in [7, 11) is 1.63. The number of unbranched alkanes of at least 4 members (excludes halogenated alkanes) is 1. The van der Waals surface area contributed by atoms with Crippen LogP contribution in [0, 0.1) is 0 Å². The van der Waals surface area contributed by atoms with Crippen molar-refractivity contribution in [2.24, 2.45) is 0 Å². The fourth-order valence-corrected chi connectivity index (χ4v) is 3.79. The third-order valence-electron chi connectivity index (χ3n) is 5.63. The van der Waals surface area contributed by atoms with Crippen LogP contribution in [0.4, 0.5) is 5.82 Å². The molecule has 4 heterocycles. The van der Waals surface area contributed by atoms with Gasteiger partial charge in [-0.3, -0.25) is 4.79 Å². The number of H-pyrrole nitrogens is 1. The predicted octanol–water partition coefficient (Wildman–Crippen LogP) is 1.92. The quantitative estimate of drug-likeness (QED) is 0.209. The van der Waals surface area contributed by atoms with Crippen molar-refractivity contribution in [2.45, 2.75) is 25.8 Å². The number of nitrogens with two attached hydrogens (primary N) is 1. The first-order chi connectivity index (χ1) is 17.7. The summed E-state index contributed by atoms with van der Waals surface area (Å²) in [6, 6.07) is 3.98. The Morgan fingerprint density at radius 1 is 1.11 bits per heavy atom. The second-order valence-electron chi connectivity index (χ2n) is 8.19. The molecule has 4 aromatic rings. The summed E-state index contributed by atoms with van der Waals surface area (Å²) in [5.74, 6) is 0.349. The zero-order chi connectivity index (χ0) is 25.2. The van der Waals surface area contributed by atoms with Crippen molar-refractivity contribution in [1.82, 2.24) is 35.0 Å². The highest BCUT2D eigenvalue weighted by Crippen LogP contribution is 2.31. The van der Waals surface area contributed by atoms with Gasteiger partial charge < -0.3 is 30.2 Å². The van der Waals surface area contributed by atoms with E-state index in [1.165, 1.54) is 6.33 Å². The molecule has 0 aromatic carbocycles. The van der Waals surface area contributed by atoms with Crippen LogP contribution in [0.15, 0.2) is 30.9 Å². The SMILES string of the molecule is COCCOCCOCCC(=O)NCCCCn1nc(-c2cnc3[nH]ccc3c2)c2c(N)ncnc21. The lowest BCUT2D eigenvalue weighted by Crippen LogP contribution is -2.26. The molecule has 12 nitrogen and oxygen atoms in total. The summed E-state index contributed by atoms with van der Waals surface area (Å²) in [5.41, 5.74) is 9.24. The molecule has 0 saturated carbocycles. The number of nitrogens with zero attached hydrogens (tertiary/aromatic N) is 5. The largest absolute Gasteiger partial charge is 0.383 e. The minimum atomic E-state index is -0.0321. The summed E-state index contributed by atoms with van der Waals surface area (Å²) in [6.07, 6.45) is 6.99. The van der Waals surface area contributed by atoms with Gasteiger partial charge in [-0.1, -0.05) is 0 Å². The van der Waals surface area contributed by atoms with Gasteiger partial charge in [0.25, 0.3) is 0 Å². The Balaban J connectivity index is 1.24. The highest BCUT2D eigenvalue weighted by molar-refractivity contribution is 5.99. The predicted molar refractivity (Wildman–Crippen MR) is 135 cm³/mol. The number of anilines is 1. The Morgan fingerprint density at radius 3 is 2.81 bits per heavy atom. The highest BCUT2D eigenvalue weighted by atomic mass is 16.5. The Hall–Kier alpha value is -3.61. The van der Waals surface area contributed by atoms with Crippen molar-refractivity contribution in [1.29, 1.82) is 0 Å². The molecule has 4 aromatic heterocycles. The van der Waals surface area contributed by atoms with E-state index in [1.807, 2.05) is 23.0 Å². The van der Waals surface area contributed by atoms with E-state index in [1.54, 1.807) is 13.3 Å². The number of aromatic amines is 1. The number of hydrogen-bond donors (Lipinski definition) is 3. The molecule has 0 radical (unpaired) electrons. The van der Waals surface area contributed by atoms with Crippen LogP contribution in [-0.4, -0.2) is 82.3 Å². The minimum absolute atomic E-state index is 0.0321. The van der Waals surface area contributed by atoms with Gasteiger partial charge in [-0.15, -0.1) is 0 Å². The van der Waals surface area contributed by atoms with Crippen LogP contribution in [0.25, 0.3) is 33.3 Å². The van der Waals surface area contributed by atoms with Gasteiger partial charge in [0.15, 0.2) is 5.65 Å². The number of carbonyl (C=O) groups is 1. The number of hydrogen-bond acceptors (Lipinski definition) is 9. The summed E-state index contributed by atoms with van der Waals surface area (Å²) in [5, 5.41) is 9.42. The molecule has 1 amide bonds. The molecule has 0 aliphatic carbocycles. The lowest BCUT2D eigenvalue weighted by Gasteiger charge is -2.07. The Labute approximate surface area is 208 Å². The van der Waals surface area contributed by atoms with Gasteiger partial charge in [-0.05, 0) is 25.0 Å². The number of pyridine rings is 1. The normalized spacial score (nSPS) is 11.5. The number of methoxy groups -OCH3 is 1. The maximum Gasteiger partial charge on any atom is 0.222 e. The molecule has 0 aliphatic heterocycles. The minimum Gasteiger partial charge on any atom is -0.383 e.